The fourth-order valence-electron chi connectivity index (χ4n) is 0.865. The minimum absolute atomic E-state index is 0.606. The van der Waals surface area contributed by atoms with Crippen molar-refractivity contribution in [3.8, 4) is 0 Å². The quantitative estimate of drug-likeness (QED) is 0.654. The molecular formula is C9H11NO. The molecule has 1 aromatic rings. The first-order chi connectivity index (χ1) is 5.36. The van der Waals surface area contributed by atoms with Crippen molar-refractivity contribution in [2.45, 2.75) is 6.61 Å². The summed E-state index contributed by atoms with van der Waals surface area (Å²) in [5.41, 5.74) is 2.10. The van der Waals surface area contributed by atoms with Crippen molar-refractivity contribution in [3.63, 3.8) is 0 Å². The summed E-state index contributed by atoms with van der Waals surface area (Å²) in [6.45, 7) is 4.26. The number of hydrogen-bond acceptors (Lipinski definition) is 2. The van der Waals surface area contributed by atoms with E-state index in [1.807, 2.05) is 6.07 Å². The van der Waals surface area contributed by atoms with Crippen molar-refractivity contribution in [2.24, 2.45) is 0 Å². The molecule has 0 unspecified atom stereocenters. The molecule has 1 heterocycles. The Morgan fingerprint density at radius 2 is 2.45 bits per heavy atom. The second kappa shape index (κ2) is 3.88. The van der Waals surface area contributed by atoms with Crippen LogP contribution in [0.2, 0.25) is 0 Å². The average molecular weight is 149 g/mol. The van der Waals surface area contributed by atoms with Crippen molar-refractivity contribution in [1.82, 2.24) is 4.98 Å². The van der Waals surface area contributed by atoms with Gasteiger partial charge in [-0.1, -0.05) is 12.7 Å². The maximum absolute atomic E-state index is 4.95. The van der Waals surface area contributed by atoms with Gasteiger partial charge in [0.05, 0.1) is 6.61 Å². The molecule has 0 fully saturated rings. The Kier molecular flexibility index (Phi) is 2.81. The molecule has 0 saturated carbocycles. The van der Waals surface area contributed by atoms with E-state index in [1.54, 1.807) is 25.6 Å². The number of hydrogen-bond donors (Lipinski definition) is 0. The molecular weight excluding hydrogens is 138 g/mol. The van der Waals surface area contributed by atoms with Gasteiger partial charge in [-0.2, -0.15) is 0 Å². The zero-order valence-corrected chi connectivity index (χ0v) is 6.58. The van der Waals surface area contributed by atoms with E-state index in [0.29, 0.717) is 6.61 Å². The summed E-state index contributed by atoms with van der Waals surface area (Å²) >= 11 is 0. The normalized spacial score (nSPS) is 9.55. The lowest BCUT2D eigenvalue weighted by molar-refractivity contribution is 0.184. The molecule has 0 spiro atoms. The number of ether oxygens (including phenoxy) is 1. The average Bonchev–Trinajstić information content (AvgIpc) is 2.06. The molecule has 0 atom stereocenters. The van der Waals surface area contributed by atoms with Gasteiger partial charge in [-0.05, 0) is 17.2 Å². The third kappa shape index (κ3) is 2.16. The zero-order valence-electron chi connectivity index (χ0n) is 6.58. The highest BCUT2D eigenvalue weighted by atomic mass is 16.5. The Morgan fingerprint density at radius 1 is 1.64 bits per heavy atom. The Labute approximate surface area is 66.5 Å². The minimum atomic E-state index is 0.606. The molecule has 2 heteroatoms. The molecule has 0 radical (unpaired) electrons. The van der Waals surface area contributed by atoms with Crippen LogP contribution in [0.25, 0.3) is 6.08 Å². The van der Waals surface area contributed by atoms with Crippen molar-refractivity contribution >= 4 is 6.08 Å². The summed E-state index contributed by atoms with van der Waals surface area (Å²) in [6, 6.07) is 2.00. The molecule has 0 aliphatic heterocycles. The Hall–Kier alpha value is -1.15. The van der Waals surface area contributed by atoms with E-state index in [4.69, 9.17) is 4.74 Å². The summed E-state index contributed by atoms with van der Waals surface area (Å²) in [4.78, 5) is 4.02. The number of aromatic nitrogens is 1. The van der Waals surface area contributed by atoms with Crippen LogP contribution in [0.4, 0.5) is 0 Å². The van der Waals surface area contributed by atoms with Gasteiger partial charge >= 0.3 is 0 Å². The van der Waals surface area contributed by atoms with Crippen LogP contribution in [0.3, 0.4) is 0 Å². The molecule has 0 bridgehead atoms. The van der Waals surface area contributed by atoms with Crippen LogP contribution in [0, 0.1) is 0 Å². The molecule has 0 saturated heterocycles. The molecule has 2 nitrogen and oxygen atoms in total. The van der Waals surface area contributed by atoms with Gasteiger partial charge in [0.2, 0.25) is 0 Å². The standard InChI is InChI=1S/C9H11NO/c1-3-8-4-9(7-11-2)6-10-5-8/h3-6H,1,7H2,2H3. The molecule has 1 rings (SSSR count). The van der Waals surface area contributed by atoms with Gasteiger partial charge < -0.3 is 4.74 Å². The lowest BCUT2D eigenvalue weighted by Gasteiger charge is -1.98. The van der Waals surface area contributed by atoms with Gasteiger partial charge in [-0.3, -0.25) is 4.98 Å². The second-order valence-electron chi connectivity index (χ2n) is 2.26. The predicted octanol–water partition coefficient (Wildman–Crippen LogP) is 1.87. The van der Waals surface area contributed by atoms with Crippen molar-refractivity contribution in [1.29, 1.82) is 0 Å². The number of methoxy groups -OCH3 is 1. The van der Waals surface area contributed by atoms with E-state index in [9.17, 15) is 0 Å². The number of pyridine rings is 1. The van der Waals surface area contributed by atoms with Gasteiger partial charge in [0.15, 0.2) is 0 Å². The second-order valence-corrected chi connectivity index (χ2v) is 2.26. The maximum Gasteiger partial charge on any atom is 0.0728 e. The van der Waals surface area contributed by atoms with E-state index in [2.05, 4.69) is 11.6 Å². The Bertz CT molecular complexity index is 245. The molecule has 0 aromatic carbocycles. The zero-order chi connectivity index (χ0) is 8.10. The van der Waals surface area contributed by atoms with E-state index in [1.165, 1.54) is 0 Å². The third-order valence-corrected chi connectivity index (χ3v) is 1.36. The lowest BCUT2D eigenvalue weighted by Crippen LogP contribution is -1.88. The summed E-state index contributed by atoms with van der Waals surface area (Å²) in [6.07, 6.45) is 5.33. The molecule has 0 N–H and O–H groups in total. The highest BCUT2D eigenvalue weighted by Crippen LogP contribution is 2.04. The molecule has 58 valence electrons. The highest BCUT2D eigenvalue weighted by Gasteiger charge is 1.91. The minimum Gasteiger partial charge on any atom is -0.380 e. The summed E-state index contributed by atoms with van der Waals surface area (Å²) in [5.74, 6) is 0. The van der Waals surface area contributed by atoms with Crippen LogP contribution in [0.1, 0.15) is 11.1 Å². The summed E-state index contributed by atoms with van der Waals surface area (Å²) in [5, 5.41) is 0. The third-order valence-electron chi connectivity index (χ3n) is 1.36. The Morgan fingerprint density at radius 3 is 3.09 bits per heavy atom. The van der Waals surface area contributed by atoms with E-state index >= 15 is 0 Å². The number of rotatable bonds is 3. The molecule has 0 amide bonds. The van der Waals surface area contributed by atoms with Gasteiger partial charge in [-0.25, -0.2) is 0 Å². The smallest absolute Gasteiger partial charge is 0.0728 e. The fraction of sp³-hybridized carbons (Fsp3) is 0.222. The molecule has 0 aliphatic rings. The van der Waals surface area contributed by atoms with Crippen LogP contribution < -0.4 is 0 Å². The maximum atomic E-state index is 4.95. The van der Waals surface area contributed by atoms with Crippen LogP contribution >= 0.6 is 0 Å². The summed E-state index contributed by atoms with van der Waals surface area (Å²) < 4.78 is 4.95. The first-order valence-electron chi connectivity index (χ1n) is 3.42. The van der Waals surface area contributed by atoms with Crippen molar-refractivity contribution in [3.05, 3.63) is 36.2 Å². The highest BCUT2D eigenvalue weighted by molar-refractivity contribution is 5.45. The van der Waals surface area contributed by atoms with Crippen LogP contribution in [-0.4, -0.2) is 12.1 Å². The van der Waals surface area contributed by atoms with Crippen LogP contribution in [-0.2, 0) is 11.3 Å². The number of nitrogens with zero attached hydrogens (tertiary/aromatic N) is 1. The van der Waals surface area contributed by atoms with Gasteiger partial charge in [-0.15, -0.1) is 0 Å². The molecule has 1 aromatic heterocycles. The van der Waals surface area contributed by atoms with Gasteiger partial charge in [0, 0.05) is 19.5 Å². The van der Waals surface area contributed by atoms with Crippen LogP contribution in [0.15, 0.2) is 25.0 Å². The first-order valence-corrected chi connectivity index (χ1v) is 3.42. The van der Waals surface area contributed by atoms with E-state index in [0.717, 1.165) is 11.1 Å². The predicted molar refractivity (Wildman–Crippen MR) is 45.0 cm³/mol. The molecule has 11 heavy (non-hydrogen) atoms. The van der Waals surface area contributed by atoms with Crippen LogP contribution in [0.5, 0.6) is 0 Å². The molecule has 0 aliphatic carbocycles. The topological polar surface area (TPSA) is 22.1 Å². The fourth-order valence-corrected chi connectivity index (χ4v) is 0.865. The van der Waals surface area contributed by atoms with Gasteiger partial charge in [0.25, 0.3) is 0 Å². The summed E-state index contributed by atoms with van der Waals surface area (Å²) in [7, 11) is 1.67. The monoisotopic (exact) mass is 149 g/mol. The van der Waals surface area contributed by atoms with Crippen molar-refractivity contribution in [2.75, 3.05) is 7.11 Å². The lowest BCUT2D eigenvalue weighted by atomic mass is 10.2. The Balaban J connectivity index is 2.82. The SMILES string of the molecule is C=Cc1cncc(COC)c1. The first kappa shape index (κ1) is 7.95. The van der Waals surface area contributed by atoms with Crippen molar-refractivity contribution < 1.29 is 4.74 Å². The van der Waals surface area contributed by atoms with E-state index < -0.39 is 0 Å². The van der Waals surface area contributed by atoms with Gasteiger partial charge in [0.1, 0.15) is 0 Å². The van der Waals surface area contributed by atoms with E-state index in [-0.39, 0.29) is 0 Å². The largest absolute Gasteiger partial charge is 0.380 e.